The van der Waals surface area contributed by atoms with Crippen LogP contribution in [0.4, 0.5) is 0 Å². The third kappa shape index (κ3) is 3.19. The summed E-state index contributed by atoms with van der Waals surface area (Å²) in [7, 11) is -3.56. The number of rotatable bonds is 4. The van der Waals surface area contributed by atoms with Crippen molar-refractivity contribution in [3.05, 3.63) is 0 Å². The molecule has 2 unspecified atom stereocenters. The molecule has 0 heterocycles. The average Bonchev–Trinajstić information content (AvgIpc) is 2.16. The number of hydrogen-bond acceptors (Lipinski definition) is 3. The lowest BCUT2D eigenvalue weighted by Crippen LogP contribution is -2.57. The monoisotopic (exact) mass is 263 g/mol. The molecule has 6 heteroatoms. The van der Waals surface area contributed by atoms with Crippen LogP contribution in [-0.4, -0.2) is 30.3 Å². The molecule has 0 aromatic rings. The van der Waals surface area contributed by atoms with Crippen LogP contribution in [0.25, 0.3) is 0 Å². The fourth-order valence-electron chi connectivity index (χ4n) is 2.27. The maximum Gasteiger partial charge on any atom is 0.324 e. The quantitative estimate of drug-likeness (QED) is 0.802. The number of hydrogen-bond donors (Lipinski definition) is 2. The van der Waals surface area contributed by atoms with Gasteiger partial charge in [0, 0.05) is 0 Å². The molecule has 0 aromatic heterocycles. The van der Waals surface area contributed by atoms with Gasteiger partial charge in [0.1, 0.15) is 5.54 Å². The smallest absolute Gasteiger partial charge is 0.324 e. The molecule has 1 rings (SSSR count). The van der Waals surface area contributed by atoms with Gasteiger partial charge in [-0.2, -0.15) is 4.72 Å². The van der Waals surface area contributed by atoms with E-state index in [9.17, 15) is 18.3 Å². The first-order valence-electron chi connectivity index (χ1n) is 5.96. The standard InChI is InChI=1S/C11H21NO4S/c1-8(2)17(15,16)12-11(10(13)14)6-4-5-9(3)7-11/h8-9,12H,4-7H2,1-3H3,(H,13,14). The Morgan fingerprint density at radius 1 is 1.47 bits per heavy atom. The van der Waals surface area contributed by atoms with Gasteiger partial charge < -0.3 is 5.11 Å². The molecule has 0 bridgehead atoms. The summed E-state index contributed by atoms with van der Waals surface area (Å²) in [5.41, 5.74) is -1.30. The average molecular weight is 263 g/mol. The van der Waals surface area contributed by atoms with Crippen molar-refractivity contribution in [2.24, 2.45) is 5.92 Å². The van der Waals surface area contributed by atoms with Gasteiger partial charge in [-0.05, 0) is 32.6 Å². The van der Waals surface area contributed by atoms with Gasteiger partial charge in [0.05, 0.1) is 5.25 Å². The molecule has 2 N–H and O–H groups in total. The van der Waals surface area contributed by atoms with Crippen LogP contribution in [0.2, 0.25) is 0 Å². The molecule has 1 fully saturated rings. The molecule has 5 nitrogen and oxygen atoms in total. The Balaban J connectivity index is 2.98. The molecule has 0 saturated heterocycles. The summed E-state index contributed by atoms with van der Waals surface area (Å²) in [6, 6.07) is 0. The Hall–Kier alpha value is -0.620. The van der Waals surface area contributed by atoms with E-state index in [2.05, 4.69) is 4.72 Å². The summed E-state index contributed by atoms with van der Waals surface area (Å²) in [4.78, 5) is 11.4. The largest absolute Gasteiger partial charge is 0.480 e. The van der Waals surface area contributed by atoms with Crippen molar-refractivity contribution in [1.82, 2.24) is 4.72 Å². The van der Waals surface area contributed by atoms with Gasteiger partial charge >= 0.3 is 5.97 Å². The van der Waals surface area contributed by atoms with Gasteiger partial charge in [0.2, 0.25) is 10.0 Å². The Morgan fingerprint density at radius 2 is 2.06 bits per heavy atom. The molecule has 0 radical (unpaired) electrons. The molecule has 100 valence electrons. The molecular weight excluding hydrogens is 242 g/mol. The molecule has 0 aliphatic heterocycles. The molecular formula is C11H21NO4S. The highest BCUT2D eigenvalue weighted by molar-refractivity contribution is 7.90. The second kappa shape index (κ2) is 4.94. The van der Waals surface area contributed by atoms with Crippen molar-refractivity contribution < 1.29 is 18.3 Å². The zero-order valence-electron chi connectivity index (χ0n) is 10.6. The summed E-state index contributed by atoms with van der Waals surface area (Å²) in [6.45, 7) is 5.05. The third-order valence-corrected chi connectivity index (χ3v) is 5.28. The van der Waals surface area contributed by atoms with Gasteiger partial charge in [-0.3, -0.25) is 4.79 Å². The van der Waals surface area contributed by atoms with Gasteiger partial charge in [0.15, 0.2) is 0 Å². The lowest BCUT2D eigenvalue weighted by Gasteiger charge is -2.37. The van der Waals surface area contributed by atoms with E-state index in [0.717, 1.165) is 12.8 Å². The third-order valence-electron chi connectivity index (χ3n) is 3.37. The van der Waals surface area contributed by atoms with Crippen molar-refractivity contribution in [2.75, 3.05) is 0 Å². The van der Waals surface area contributed by atoms with E-state index in [-0.39, 0.29) is 5.92 Å². The molecule has 0 aromatic carbocycles. The Morgan fingerprint density at radius 3 is 2.47 bits per heavy atom. The van der Waals surface area contributed by atoms with E-state index in [1.807, 2.05) is 6.92 Å². The van der Waals surface area contributed by atoms with Crippen molar-refractivity contribution in [3.63, 3.8) is 0 Å². The van der Waals surface area contributed by atoms with Gasteiger partial charge in [-0.25, -0.2) is 8.42 Å². The first kappa shape index (κ1) is 14.4. The predicted molar refractivity (Wildman–Crippen MR) is 65.2 cm³/mol. The lowest BCUT2D eigenvalue weighted by atomic mass is 9.77. The molecule has 2 atom stereocenters. The maximum atomic E-state index is 11.8. The Bertz CT molecular complexity index is 390. The Labute approximate surface area is 103 Å². The van der Waals surface area contributed by atoms with Crippen molar-refractivity contribution in [3.8, 4) is 0 Å². The van der Waals surface area contributed by atoms with E-state index in [4.69, 9.17) is 0 Å². The van der Waals surface area contributed by atoms with E-state index in [1.165, 1.54) is 0 Å². The summed E-state index contributed by atoms with van der Waals surface area (Å²) < 4.78 is 26.1. The number of carboxylic acids is 1. The lowest BCUT2D eigenvalue weighted by molar-refractivity contribution is -0.146. The number of sulfonamides is 1. The molecule has 0 amide bonds. The van der Waals surface area contributed by atoms with Crippen molar-refractivity contribution in [1.29, 1.82) is 0 Å². The minimum atomic E-state index is -3.56. The summed E-state index contributed by atoms with van der Waals surface area (Å²) in [6.07, 6.45) is 2.44. The van der Waals surface area contributed by atoms with Crippen LogP contribution in [0.3, 0.4) is 0 Å². The molecule has 1 aliphatic carbocycles. The van der Waals surface area contributed by atoms with E-state index in [0.29, 0.717) is 12.8 Å². The summed E-state index contributed by atoms with van der Waals surface area (Å²) >= 11 is 0. The van der Waals surface area contributed by atoms with Gasteiger partial charge in [-0.1, -0.05) is 19.8 Å². The van der Waals surface area contributed by atoms with E-state index in [1.54, 1.807) is 13.8 Å². The summed E-state index contributed by atoms with van der Waals surface area (Å²) in [5.74, 6) is -0.831. The molecule has 1 saturated carbocycles. The molecule has 17 heavy (non-hydrogen) atoms. The van der Waals surface area contributed by atoms with E-state index < -0.39 is 26.8 Å². The number of carbonyl (C=O) groups is 1. The van der Waals surface area contributed by atoms with Gasteiger partial charge in [-0.15, -0.1) is 0 Å². The first-order chi connectivity index (χ1) is 7.69. The fraction of sp³-hybridized carbons (Fsp3) is 0.909. The number of aliphatic carboxylic acids is 1. The fourth-order valence-corrected chi connectivity index (χ4v) is 3.33. The normalized spacial score (nSPS) is 30.5. The zero-order valence-corrected chi connectivity index (χ0v) is 11.4. The van der Waals surface area contributed by atoms with Crippen LogP contribution in [0.1, 0.15) is 46.5 Å². The first-order valence-corrected chi connectivity index (χ1v) is 7.50. The Kier molecular flexibility index (Phi) is 4.19. The van der Waals surface area contributed by atoms with Crippen LogP contribution in [0.5, 0.6) is 0 Å². The van der Waals surface area contributed by atoms with Crippen LogP contribution >= 0.6 is 0 Å². The minimum absolute atomic E-state index is 0.231. The summed E-state index contributed by atoms with van der Waals surface area (Å²) in [5, 5.41) is 8.71. The van der Waals surface area contributed by atoms with Crippen LogP contribution in [-0.2, 0) is 14.8 Å². The topological polar surface area (TPSA) is 83.5 Å². The number of nitrogens with one attached hydrogen (secondary N) is 1. The van der Waals surface area contributed by atoms with E-state index >= 15 is 0 Å². The molecule has 0 spiro atoms. The van der Waals surface area contributed by atoms with Crippen molar-refractivity contribution in [2.45, 2.75) is 57.2 Å². The second-order valence-corrected chi connectivity index (χ2v) is 7.52. The highest BCUT2D eigenvalue weighted by Crippen LogP contribution is 2.33. The highest BCUT2D eigenvalue weighted by atomic mass is 32.2. The van der Waals surface area contributed by atoms with Crippen LogP contribution < -0.4 is 4.72 Å². The number of carboxylic acid groups (broad SMARTS) is 1. The SMILES string of the molecule is CC1CCCC(NS(=O)(=O)C(C)C)(C(=O)O)C1. The minimum Gasteiger partial charge on any atom is -0.480 e. The maximum absolute atomic E-state index is 11.8. The van der Waals surface area contributed by atoms with Crippen LogP contribution in [0, 0.1) is 5.92 Å². The highest BCUT2D eigenvalue weighted by Gasteiger charge is 2.45. The molecule has 1 aliphatic rings. The van der Waals surface area contributed by atoms with Crippen molar-refractivity contribution >= 4 is 16.0 Å². The predicted octanol–water partition coefficient (Wildman–Crippen LogP) is 1.35. The van der Waals surface area contributed by atoms with Crippen LogP contribution in [0.15, 0.2) is 0 Å². The zero-order chi connectivity index (χ0) is 13.3. The second-order valence-electron chi connectivity index (χ2n) is 5.28. The van der Waals surface area contributed by atoms with Gasteiger partial charge in [0.25, 0.3) is 0 Å².